The number of ether oxygens (including phenoxy) is 1. The summed E-state index contributed by atoms with van der Waals surface area (Å²) >= 11 is 0. The standard InChI is InChI=1S/C20H26BN3O6/c1-3-18(27)24(10-9-22-17(26)13-23(2)19(28)11-21)12-16(25)20(29)30-14-15-7-5-4-6-8-15/h4-8H,3,9-14H2,1-2H3,(H,22,26). The molecule has 0 aliphatic carbocycles. The van der Waals surface area contributed by atoms with Crippen LogP contribution < -0.4 is 5.32 Å². The highest BCUT2D eigenvalue weighted by atomic mass is 16.5. The minimum Gasteiger partial charge on any atom is -0.455 e. The van der Waals surface area contributed by atoms with Gasteiger partial charge in [-0.25, -0.2) is 4.79 Å². The van der Waals surface area contributed by atoms with Crippen molar-refractivity contribution in [2.75, 3.05) is 33.2 Å². The molecule has 0 heterocycles. The van der Waals surface area contributed by atoms with Crippen LogP contribution in [0.15, 0.2) is 30.3 Å². The van der Waals surface area contributed by atoms with E-state index < -0.39 is 24.2 Å². The zero-order chi connectivity index (χ0) is 22.5. The van der Waals surface area contributed by atoms with E-state index in [2.05, 4.69) is 5.32 Å². The first-order chi connectivity index (χ1) is 14.3. The van der Waals surface area contributed by atoms with Gasteiger partial charge in [0.25, 0.3) is 5.78 Å². The summed E-state index contributed by atoms with van der Waals surface area (Å²) in [5, 5.41) is 2.56. The van der Waals surface area contributed by atoms with Crippen LogP contribution in [0.2, 0.25) is 6.32 Å². The van der Waals surface area contributed by atoms with Crippen LogP contribution in [0.5, 0.6) is 0 Å². The van der Waals surface area contributed by atoms with Gasteiger partial charge in [0.1, 0.15) is 6.61 Å². The fraction of sp³-hybridized carbons (Fsp3) is 0.450. The second-order valence-corrected chi connectivity index (χ2v) is 6.46. The van der Waals surface area contributed by atoms with Crippen molar-refractivity contribution in [1.29, 1.82) is 0 Å². The Labute approximate surface area is 177 Å². The summed E-state index contributed by atoms with van der Waals surface area (Å²) in [5.74, 6) is -3.04. The van der Waals surface area contributed by atoms with Gasteiger partial charge < -0.3 is 19.9 Å². The van der Waals surface area contributed by atoms with Crippen LogP contribution in [-0.4, -0.2) is 80.3 Å². The largest absolute Gasteiger partial charge is 0.455 e. The van der Waals surface area contributed by atoms with Crippen LogP contribution in [0.4, 0.5) is 0 Å². The quantitative estimate of drug-likeness (QED) is 0.285. The number of amides is 3. The Morgan fingerprint density at radius 1 is 1.03 bits per heavy atom. The molecule has 0 aliphatic rings. The van der Waals surface area contributed by atoms with E-state index in [1.807, 2.05) is 6.07 Å². The number of hydrogen-bond donors (Lipinski definition) is 1. The lowest BCUT2D eigenvalue weighted by molar-refractivity contribution is -0.156. The van der Waals surface area contributed by atoms with Gasteiger partial charge in [-0.3, -0.25) is 19.2 Å². The molecule has 0 fully saturated rings. The van der Waals surface area contributed by atoms with Crippen molar-refractivity contribution < 1.29 is 28.7 Å². The predicted octanol–water partition coefficient (Wildman–Crippen LogP) is -0.301. The zero-order valence-corrected chi connectivity index (χ0v) is 17.3. The van der Waals surface area contributed by atoms with Gasteiger partial charge in [0.2, 0.25) is 17.7 Å². The van der Waals surface area contributed by atoms with E-state index in [1.54, 1.807) is 31.2 Å². The first-order valence-electron chi connectivity index (χ1n) is 9.50. The smallest absolute Gasteiger partial charge is 0.376 e. The molecule has 160 valence electrons. The molecule has 0 unspecified atom stereocenters. The summed E-state index contributed by atoms with van der Waals surface area (Å²) in [7, 11) is 6.67. The van der Waals surface area contributed by atoms with Crippen molar-refractivity contribution in [3.8, 4) is 0 Å². The number of ketones is 1. The Kier molecular flexibility index (Phi) is 10.9. The van der Waals surface area contributed by atoms with Gasteiger partial charge in [0.15, 0.2) is 0 Å². The maximum atomic E-state index is 12.1. The summed E-state index contributed by atoms with van der Waals surface area (Å²) in [6.07, 6.45) is -0.0704. The Balaban J connectivity index is 2.49. The molecule has 0 saturated carbocycles. The van der Waals surface area contributed by atoms with Gasteiger partial charge in [-0.15, -0.1) is 0 Å². The van der Waals surface area contributed by atoms with Gasteiger partial charge in [0, 0.05) is 26.6 Å². The monoisotopic (exact) mass is 415 g/mol. The minimum absolute atomic E-state index is 0.0324. The Morgan fingerprint density at radius 2 is 1.70 bits per heavy atom. The maximum absolute atomic E-state index is 12.1. The third-order valence-corrected chi connectivity index (χ3v) is 4.12. The number of hydrogen-bond acceptors (Lipinski definition) is 6. The highest BCUT2D eigenvalue weighted by Gasteiger charge is 2.22. The third-order valence-electron chi connectivity index (χ3n) is 4.12. The van der Waals surface area contributed by atoms with E-state index in [-0.39, 0.29) is 50.8 Å². The average Bonchev–Trinajstić information content (AvgIpc) is 2.75. The van der Waals surface area contributed by atoms with Crippen molar-refractivity contribution in [2.24, 2.45) is 0 Å². The second-order valence-electron chi connectivity index (χ2n) is 6.46. The SMILES string of the molecule is [B]CC(=O)N(C)CC(=O)NCCN(CC(=O)C(=O)OCc1ccccc1)C(=O)CC. The number of nitrogens with one attached hydrogen (secondary N) is 1. The zero-order valence-electron chi connectivity index (χ0n) is 17.3. The molecule has 10 heteroatoms. The number of rotatable bonds is 12. The maximum Gasteiger partial charge on any atom is 0.376 e. The molecular weight excluding hydrogens is 389 g/mol. The summed E-state index contributed by atoms with van der Waals surface area (Å²) in [4.78, 5) is 61.7. The van der Waals surface area contributed by atoms with Gasteiger partial charge in [-0.1, -0.05) is 37.3 Å². The molecule has 1 rings (SSSR count). The van der Waals surface area contributed by atoms with Crippen molar-refractivity contribution in [2.45, 2.75) is 26.3 Å². The van der Waals surface area contributed by atoms with Gasteiger partial charge in [0.05, 0.1) is 20.9 Å². The Hall–Kier alpha value is -3.17. The van der Waals surface area contributed by atoms with E-state index in [1.165, 1.54) is 16.8 Å². The molecule has 9 nitrogen and oxygen atoms in total. The topological polar surface area (TPSA) is 113 Å². The van der Waals surface area contributed by atoms with Crippen LogP contribution in [0.25, 0.3) is 0 Å². The van der Waals surface area contributed by atoms with Gasteiger partial charge >= 0.3 is 5.97 Å². The number of nitrogens with zero attached hydrogens (tertiary/aromatic N) is 2. The number of carbonyl (C=O) groups excluding carboxylic acids is 5. The fourth-order valence-electron chi connectivity index (χ4n) is 2.40. The first kappa shape index (κ1) is 24.9. The summed E-state index contributed by atoms with van der Waals surface area (Å²) in [5.41, 5.74) is 0.737. The molecule has 0 spiro atoms. The fourth-order valence-corrected chi connectivity index (χ4v) is 2.40. The van der Waals surface area contributed by atoms with E-state index in [9.17, 15) is 24.0 Å². The average molecular weight is 415 g/mol. The predicted molar refractivity (Wildman–Crippen MR) is 109 cm³/mol. The van der Waals surface area contributed by atoms with E-state index in [0.29, 0.717) is 0 Å². The molecule has 0 aromatic heterocycles. The van der Waals surface area contributed by atoms with Crippen LogP contribution >= 0.6 is 0 Å². The molecule has 0 bridgehead atoms. The van der Waals surface area contributed by atoms with E-state index >= 15 is 0 Å². The lowest BCUT2D eigenvalue weighted by Gasteiger charge is -2.22. The van der Waals surface area contributed by atoms with Gasteiger partial charge in [-0.05, 0) is 11.9 Å². The lowest BCUT2D eigenvalue weighted by Crippen LogP contribution is -2.44. The highest BCUT2D eigenvalue weighted by Crippen LogP contribution is 2.02. The number of carbonyl (C=O) groups is 5. The summed E-state index contributed by atoms with van der Waals surface area (Å²) < 4.78 is 4.98. The third kappa shape index (κ3) is 8.89. The van der Waals surface area contributed by atoms with E-state index in [4.69, 9.17) is 12.6 Å². The molecule has 1 aromatic rings. The van der Waals surface area contributed by atoms with E-state index in [0.717, 1.165) is 5.56 Å². The van der Waals surface area contributed by atoms with Crippen molar-refractivity contribution in [3.05, 3.63) is 35.9 Å². The second kappa shape index (κ2) is 13.1. The number of likely N-dealkylation sites (N-methyl/N-ethyl adjacent to an activating group) is 1. The van der Waals surface area contributed by atoms with Crippen molar-refractivity contribution in [1.82, 2.24) is 15.1 Å². The molecule has 0 atom stereocenters. The van der Waals surface area contributed by atoms with Crippen molar-refractivity contribution in [3.63, 3.8) is 0 Å². The number of benzene rings is 1. The number of esters is 1. The molecule has 3 amide bonds. The molecular formula is C20H26BN3O6. The van der Waals surface area contributed by atoms with Crippen LogP contribution in [-0.2, 0) is 35.3 Å². The van der Waals surface area contributed by atoms with Crippen LogP contribution in [0.3, 0.4) is 0 Å². The minimum atomic E-state index is -1.03. The molecule has 0 saturated heterocycles. The molecule has 2 radical (unpaired) electrons. The lowest BCUT2D eigenvalue weighted by atomic mass is 10.0. The van der Waals surface area contributed by atoms with Gasteiger partial charge in [-0.2, -0.15) is 0 Å². The summed E-state index contributed by atoms with van der Waals surface area (Å²) in [6, 6.07) is 8.89. The number of Topliss-reactive ketones (excluding diaryl/α,β-unsaturated/α-hetero) is 1. The summed E-state index contributed by atoms with van der Waals surface area (Å²) in [6.45, 7) is 1.05. The molecule has 0 aliphatic heterocycles. The first-order valence-corrected chi connectivity index (χ1v) is 9.50. The Morgan fingerprint density at radius 3 is 2.30 bits per heavy atom. The van der Waals surface area contributed by atoms with Crippen molar-refractivity contribution >= 4 is 37.3 Å². The Bertz CT molecular complexity index is 756. The molecule has 1 N–H and O–H groups in total. The normalized spacial score (nSPS) is 10.1. The van der Waals surface area contributed by atoms with Crippen LogP contribution in [0.1, 0.15) is 18.9 Å². The highest BCUT2D eigenvalue weighted by molar-refractivity contribution is 6.34. The molecule has 1 aromatic carbocycles. The molecule has 30 heavy (non-hydrogen) atoms. The van der Waals surface area contributed by atoms with Crippen LogP contribution in [0, 0.1) is 0 Å².